The van der Waals surface area contributed by atoms with Gasteiger partial charge in [0.1, 0.15) is 0 Å². The summed E-state index contributed by atoms with van der Waals surface area (Å²) >= 11 is 0. The van der Waals surface area contributed by atoms with Gasteiger partial charge in [0.15, 0.2) is 0 Å². The molecule has 142 valence electrons. The molecule has 0 radical (unpaired) electrons. The fourth-order valence-corrected chi connectivity index (χ4v) is 4.70. The molecule has 5 heteroatoms. The minimum absolute atomic E-state index is 0.108. The van der Waals surface area contributed by atoms with E-state index in [1.807, 2.05) is 9.80 Å². The first-order chi connectivity index (χ1) is 11.8. The number of hydrogen-bond acceptors (Lipinski definition) is 3. The number of carbonyl (C=O) groups excluding carboxylic acids is 2. The van der Waals surface area contributed by atoms with Crippen molar-refractivity contribution in [1.82, 2.24) is 14.7 Å². The zero-order valence-electron chi connectivity index (χ0n) is 16.3. The molecule has 25 heavy (non-hydrogen) atoms. The molecule has 1 saturated carbocycles. The Morgan fingerprint density at radius 1 is 1.04 bits per heavy atom. The van der Waals surface area contributed by atoms with Crippen LogP contribution in [-0.2, 0) is 9.59 Å². The average molecular weight is 350 g/mol. The van der Waals surface area contributed by atoms with Crippen LogP contribution in [0.1, 0.15) is 59.3 Å². The Morgan fingerprint density at radius 3 is 2.28 bits per heavy atom. The first-order valence-corrected chi connectivity index (χ1v) is 10.1. The second-order valence-electron chi connectivity index (χ2n) is 9.40. The topological polar surface area (TPSA) is 43.9 Å². The number of amides is 2. The number of rotatable bonds is 3. The van der Waals surface area contributed by atoms with E-state index in [-0.39, 0.29) is 17.7 Å². The number of nitrogens with zero attached hydrogens (tertiary/aromatic N) is 3. The molecule has 1 atom stereocenters. The van der Waals surface area contributed by atoms with Gasteiger partial charge in [-0.2, -0.15) is 0 Å². The summed E-state index contributed by atoms with van der Waals surface area (Å²) < 4.78 is 0. The Labute approximate surface area is 152 Å². The second-order valence-corrected chi connectivity index (χ2v) is 9.40. The summed E-state index contributed by atoms with van der Waals surface area (Å²) in [4.78, 5) is 31.8. The van der Waals surface area contributed by atoms with Crippen LogP contribution in [0.25, 0.3) is 0 Å². The Morgan fingerprint density at radius 2 is 1.68 bits per heavy atom. The first kappa shape index (κ1) is 18.7. The van der Waals surface area contributed by atoms with E-state index in [0.717, 1.165) is 45.6 Å². The molecule has 5 nitrogen and oxygen atoms in total. The van der Waals surface area contributed by atoms with Gasteiger partial charge in [0.25, 0.3) is 0 Å². The highest BCUT2D eigenvalue weighted by atomic mass is 16.2. The summed E-state index contributed by atoms with van der Waals surface area (Å²) in [6, 6.07) is 0.391. The molecule has 2 heterocycles. The molecular formula is C20H35N3O2. The summed E-state index contributed by atoms with van der Waals surface area (Å²) in [5.74, 6) is 0.308. The van der Waals surface area contributed by atoms with E-state index >= 15 is 0 Å². The first-order valence-electron chi connectivity index (χ1n) is 10.1. The molecule has 3 rings (SSSR count). The summed E-state index contributed by atoms with van der Waals surface area (Å²) in [7, 11) is 0. The minimum Gasteiger partial charge on any atom is -0.340 e. The van der Waals surface area contributed by atoms with Crippen molar-refractivity contribution in [2.45, 2.75) is 65.3 Å². The fraction of sp³-hybridized carbons (Fsp3) is 0.900. The van der Waals surface area contributed by atoms with Crippen molar-refractivity contribution in [3.63, 3.8) is 0 Å². The van der Waals surface area contributed by atoms with Crippen molar-refractivity contribution in [1.29, 1.82) is 0 Å². The predicted octanol–water partition coefficient (Wildman–Crippen LogP) is 2.36. The Bertz CT molecular complexity index is 486. The van der Waals surface area contributed by atoms with Gasteiger partial charge >= 0.3 is 0 Å². The van der Waals surface area contributed by atoms with E-state index < -0.39 is 0 Å². The third-order valence-electron chi connectivity index (χ3n) is 5.91. The molecular weight excluding hydrogens is 314 g/mol. The van der Waals surface area contributed by atoms with E-state index in [0.29, 0.717) is 24.4 Å². The SMILES string of the molecule is CC(C)(C)CN1CCN(C(=O)C2CC(=O)N(C3CCCCC3)C2)CC1. The van der Waals surface area contributed by atoms with Crippen LogP contribution in [0, 0.1) is 11.3 Å². The van der Waals surface area contributed by atoms with Gasteiger partial charge in [0.2, 0.25) is 11.8 Å². The minimum atomic E-state index is -0.108. The Balaban J connectivity index is 1.50. The van der Waals surface area contributed by atoms with Crippen LogP contribution in [0.4, 0.5) is 0 Å². The van der Waals surface area contributed by atoms with Gasteiger partial charge in [0, 0.05) is 51.7 Å². The van der Waals surface area contributed by atoms with Gasteiger partial charge < -0.3 is 9.80 Å². The van der Waals surface area contributed by atoms with Crippen LogP contribution in [0.2, 0.25) is 0 Å². The molecule has 3 aliphatic rings. The highest BCUT2D eigenvalue weighted by Crippen LogP contribution is 2.29. The molecule has 2 amide bonds. The summed E-state index contributed by atoms with van der Waals surface area (Å²) in [6.45, 7) is 12.0. The highest BCUT2D eigenvalue weighted by molar-refractivity contribution is 5.89. The average Bonchev–Trinajstić information content (AvgIpc) is 2.96. The van der Waals surface area contributed by atoms with Gasteiger partial charge in [-0.3, -0.25) is 14.5 Å². The van der Waals surface area contributed by atoms with E-state index in [9.17, 15) is 9.59 Å². The molecule has 0 spiro atoms. The maximum absolute atomic E-state index is 12.9. The molecule has 3 fully saturated rings. The van der Waals surface area contributed by atoms with Crippen LogP contribution >= 0.6 is 0 Å². The third-order valence-corrected chi connectivity index (χ3v) is 5.91. The Kier molecular flexibility index (Phi) is 5.71. The van der Waals surface area contributed by atoms with E-state index in [2.05, 4.69) is 25.7 Å². The van der Waals surface area contributed by atoms with Gasteiger partial charge in [-0.15, -0.1) is 0 Å². The zero-order valence-corrected chi connectivity index (χ0v) is 16.3. The van der Waals surface area contributed by atoms with Crippen molar-refractivity contribution in [3.8, 4) is 0 Å². The third kappa shape index (κ3) is 4.75. The lowest BCUT2D eigenvalue weighted by Crippen LogP contribution is -2.52. The molecule has 1 unspecified atom stereocenters. The molecule has 0 aromatic rings. The standard InChI is InChI=1S/C20H35N3O2/c1-20(2,3)15-21-9-11-22(12-10-21)19(25)16-13-18(24)23(14-16)17-7-5-4-6-8-17/h16-17H,4-15H2,1-3H3. The van der Waals surface area contributed by atoms with Crippen molar-refractivity contribution < 1.29 is 9.59 Å². The molecule has 0 bridgehead atoms. The lowest BCUT2D eigenvalue weighted by Gasteiger charge is -2.38. The summed E-state index contributed by atoms with van der Waals surface area (Å²) in [5.41, 5.74) is 0.296. The molecule has 1 aliphatic carbocycles. The van der Waals surface area contributed by atoms with Crippen LogP contribution in [0.3, 0.4) is 0 Å². The van der Waals surface area contributed by atoms with E-state index in [1.165, 1.54) is 19.3 Å². The van der Waals surface area contributed by atoms with E-state index in [4.69, 9.17) is 0 Å². The van der Waals surface area contributed by atoms with E-state index in [1.54, 1.807) is 0 Å². The normalized spacial score (nSPS) is 27.2. The largest absolute Gasteiger partial charge is 0.340 e. The Hall–Kier alpha value is -1.10. The van der Waals surface area contributed by atoms with Crippen LogP contribution < -0.4 is 0 Å². The molecule has 0 aromatic carbocycles. The molecule has 2 aliphatic heterocycles. The van der Waals surface area contributed by atoms with Gasteiger partial charge in [-0.05, 0) is 18.3 Å². The van der Waals surface area contributed by atoms with Gasteiger partial charge in [-0.25, -0.2) is 0 Å². The van der Waals surface area contributed by atoms with Crippen LogP contribution in [0.15, 0.2) is 0 Å². The summed E-state index contributed by atoms with van der Waals surface area (Å²) in [5, 5.41) is 0. The van der Waals surface area contributed by atoms with Crippen molar-refractivity contribution >= 4 is 11.8 Å². The molecule has 0 aromatic heterocycles. The monoisotopic (exact) mass is 349 g/mol. The predicted molar refractivity (Wildman–Crippen MR) is 99.2 cm³/mol. The maximum atomic E-state index is 12.9. The van der Waals surface area contributed by atoms with Crippen molar-refractivity contribution in [3.05, 3.63) is 0 Å². The lowest BCUT2D eigenvalue weighted by molar-refractivity contribution is -0.137. The zero-order chi connectivity index (χ0) is 18.0. The number of likely N-dealkylation sites (tertiary alicyclic amines) is 1. The van der Waals surface area contributed by atoms with Crippen LogP contribution in [-0.4, -0.2) is 71.8 Å². The highest BCUT2D eigenvalue weighted by Gasteiger charge is 2.40. The summed E-state index contributed by atoms with van der Waals surface area (Å²) in [6.07, 6.45) is 6.42. The smallest absolute Gasteiger partial charge is 0.228 e. The van der Waals surface area contributed by atoms with Gasteiger partial charge in [-0.1, -0.05) is 40.0 Å². The fourth-order valence-electron chi connectivity index (χ4n) is 4.70. The quantitative estimate of drug-likeness (QED) is 0.786. The number of hydrogen-bond donors (Lipinski definition) is 0. The van der Waals surface area contributed by atoms with Gasteiger partial charge in [0.05, 0.1) is 5.92 Å². The maximum Gasteiger partial charge on any atom is 0.228 e. The lowest BCUT2D eigenvalue weighted by atomic mass is 9.94. The number of piperazine rings is 1. The second kappa shape index (κ2) is 7.65. The molecule has 2 saturated heterocycles. The van der Waals surface area contributed by atoms with Crippen molar-refractivity contribution in [2.75, 3.05) is 39.3 Å². The molecule has 0 N–H and O–H groups in total. The number of carbonyl (C=O) groups is 2. The van der Waals surface area contributed by atoms with Crippen LogP contribution in [0.5, 0.6) is 0 Å². The van der Waals surface area contributed by atoms with Crippen molar-refractivity contribution in [2.24, 2.45) is 11.3 Å².